The van der Waals surface area contributed by atoms with Crippen molar-refractivity contribution in [3.8, 4) is 0 Å². The summed E-state index contributed by atoms with van der Waals surface area (Å²) in [5, 5.41) is 7.89. The fraction of sp³-hybridized carbons (Fsp3) is 0.500. The summed E-state index contributed by atoms with van der Waals surface area (Å²) in [5.41, 5.74) is 0. The molecule has 36 valence electrons. The summed E-state index contributed by atoms with van der Waals surface area (Å²) in [6.45, 7) is 0. The average molecular weight is 189 g/mol. The summed E-state index contributed by atoms with van der Waals surface area (Å²) < 4.78 is 0. The fourth-order valence-corrected chi connectivity index (χ4v) is 0.828. The van der Waals surface area contributed by atoms with Crippen LogP contribution < -0.4 is 0 Å². The maximum atomic E-state index is 9.57. The topological polar surface area (TPSA) is 37.3 Å². The fourth-order valence-electron chi connectivity index (χ4n) is 0.0467. The minimum atomic E-state index is -0.755. The molecule has 0 bridgehead atoms. The molecule has 0 aromatic rings. The van der Waals surface area contributed by atoms with Gasteiger partial charge in [-0.15, -0.1) is 0 Å². The first-order valence-corrected chi connectivity index (χ1v) is 4.39. The molecule has 0 radical (unpaired) electrons. The van der Waals surface area contributed by atoms with Crippen LogP contribution in [0.2, 0.25) is 0 Å². The first-order valence-electron chi connectivity index (χ1n) is 1.22. The van der Waals surface area contributed by atoms with Crippen molar-refractivity contribution in [3.05, 3.63) is 0 Å². The van der Waals surface area contributed by atoms with Crippen LogP contribution in [0.5, 0.6) is 0 Å². The standard InChI is InChI=1S/C2H4O2S.Tc/c3-2(4)1-5;/h5H,1H2,(H,3,4);/q;+1/p-1. The van der Waals surface area contributed by atoms with E-state index in [1.54, 1.807) is 0 Å². The van der Waals surface area contributed by atoms with Crippen molar-refractivity contribution in [2.75, 3.05) is 5.75 Å². The Hall–Kier alpha value is 0.469. The zero-order valence-electron chi connectivity index (χ0n) is 2.85. The quantitative estimate of drug-likeness (QED) is 0.677. The molecule has 0 rings (SSSR count). The van der Waals surface area contributed by atoms with Gasteiger partial charge in [-0.2, -0.15) is 0 Å². The Kier molecular flexibility index (Phi) is 3.94. The Labute approximate surface area is 49.3 Å². The Balaban J connectivity index is 2.83. The molecule has 0 unspecified atom stereocenters. The van der Waals surface area contributed by atoms with Crippen LogP contribution in [0, 0.1) is 0 Å². The summed E-state index contributed by atoms with van der Waals surface area (Å²) in [5.74, 6) is -0.560. The molecule has 6 heavy (non-hydrogen) atoms. The minimum absolute atomic E-state index is 0.195. The summed E-state index contributed by atoms with van der Waals surface area (Å²) in [7, 11) is 1.28. The van der Waals surface area contributed by atoms with Crippen molar-refractivity contribution < 1.29 is 27.6 Å². The summed E-state index contributed by atoms with van der Waals surface area (Å²) in [6.07, 6.45) is 0. The Morgan fingerprint density at radius 2 is 2.50 bits per heavy atom. The molecule has 1 N–H and O–H groups in total. The number of carboxylic acids is 1. The van der Waals surface area contributed by atoms with Crippen molar-refractivity contribution in [3.63, 3.8) is 0 Å². The van der Waals surface area contributed by atoms with Crippen LogP contribution in [0.4, 0.5) is 0 Å². The van der Waals surface area contributed by atoms with E-state index >= 15 is 0 Å². The van der Waals surface area contributed by atoms with Gasteiger partial charge in [0.2, 0.25) is 0 Å². The molecule has 0 aromatic heterocycles. The van der Waals surface area contributed by atoms with Gasteiger partial charge in [0.25, 0.3) is 0 Å². The normalized spacial score (nSPS) is 8.17. The van der Waals surface area contributed by atoms with Crippen LogP contribution in [-0.4, -0.2) is 16.8 Å². The molecule has 4 heteroatoms. The third-order valence-electron chi connectivity index (χ3n) is 0.178. The van der Waals surface area contributed by atoms with Crippen LogP contribution in [-0.2, 0) is 22.5 Å². The summed E-state index contributed by atoms with van der Waals surface area (Å²) >= 11 is 1.94. The van der Waals surface area contributed by atoms with E-state index in [1.807, 2.05) is 17.7 Å². The molecule has 0 amide bonds. The van der Waals surface area contributed by atoms with E-state index in [4.69, 9.17) is 5.11 Å². The number of aliphatic carboxylic acids is 1. The molecule has 0 aliphatic carbocycles. The molecule has 0 aromatic carbocycles. The van der Waals surface area contributed by atoms with Crippen molar-refractivity contribution in [2.45, 2.75) is 0 Å². The van der Waals surface area contributed by atoms with Crippen molar-refractivity contribution >= 4 is 15.6 Å². The van der Waals surface area contributed by atoms with Crippen LogP contribution >= 0.6 is 9.64 Å². The second-order valence-corrected chi connectivity index (χ2v) is 2.76. The number of hydrogen-bond acceptors (Lipinski definition) is 2. The third-order valence-corrected chi connectivity index (χ3v) is 1.34. The molecule has 0 saturated carbocycles. The molecule has 0 aliphatic rings. The second-order valence-electron chi connectivity index (χ2n) is 0.647. The second kappa shape index (κ2) is 3.65. The third kappa shape index (κ3) is 4.47. The first-order chi connectivity index (χ1) is 2.77. The SMILES string of the molecule is O=C(O)C[S][Tc]. The van der Waals surface area contributed by atoms with Gasteiger partial charge in [-0.25, -0.2) is 0 Å². The van der Waals surface area contributed by atoms with Gasteiger partial charge < -0.3 is 0 Å². The van der Waals surface area contributed by atoms with Crippen molar-refractivity contribution in [1.82, 2.24) is 0 Å². The molecular formula is C2H3O2STc. The molecule has 0 aliphatic heterocycles. The molecule has 0 heterocycles. The van der Waals surface area contributed by atoms with Crippen LogP contribution in [0.1, 0.15) is 0 Å². The Morgan fingerprint density at radius 1 is 2.00 bits per heavy atom. The number of hydrogen-bond donors (Lipinski definition) is 1. The first kappa shape index (κ1) is 6.47. The van der Waals surface area contributed by atoms with Gasteiger partial charge in [0.15, 0.2) is 0 Å². The van der Waals surface area contributed by atoms with Gasteiger partial charge in [0.1, 0.15) is 0 Å². The van der Waals surface area contributed by atoms with Gasteiger partial charge in [0.05, 0.1) is 0 Å². The predicted octanol–water partition coefficient (Wildman–Crippen LogP) is 0.266. The summed E-state index contributed by atoms with van der Waals surface area (Å²) in [4.78, 5) is 9.57. The van der Waals surface area contributed by atoms with Crippen molar-refractivity contribution in [2.24, 2.45) is 0 Å². The Morgan fingerprint density at radius 3 is 2.50 bits per heavy atom. The number of carbonyl (C=O) groups is 1. The van der Waals surface area contributed by atoms with E-state index in [9.17, 15) is 4.79 Å². The van der Waals surface area contributed by atoms with Gasteiger partial charge in [-0.05, 0) is 0 Å². The average Bonchev–Trinajstić information content (AvgIpc) is 1.35. The number of carboxylic acid groups (broad SMARTS) is 1. The van der Waals surface area contributed by atoms with E-state index in [1.165, 1.54) is 9.64 Å². The zero-order valence-corrected chi connectivity index (χ0v) is 5.52. The van der Waals surface area contributed by atoms with Crippen LogP contribution in [0.25, 0.3) is 0 Å². The predicted molar refractivity (Wildman–Crippen MR) is 20.1 cm³/mol. The van der Waals surface area contributed by atoms with Gasteiger partial charge in [-0.3, -0.25) is 0 Å². The molecular weight excluding hydrogens is 186 g/mol. The molecule has 0 spiro atoms. The van der Waals surface area contributed by atoms with Gasteiger partial charge >= 0.3 is 48.9 Å². The number of rotatable bonds is 2. The molecule has 0 saturated heterocycles. The van der Waals surface area contributed by atoms with E-state index in [-0.39, 0.29) is 5.75 Å². The molecule has 0 atom stereocenters. The van der Waals surface area contributed by atoms with E-state index < -0.39 is 5.97 Å². The van der Waals surface area contributed by atoms with E-state index in [2.05, 4.69) is 0 Å². The summed E-state index contributed by atoms with van der Waals surface area (Å²) in [6, 6.07) is 0. The van der Waals surface area contributed by atoms with Crippen LogP contribution in [0.15, 0.2) is 0 Å². The van der Waals surface area contributed by atoms with E-state index in [0.717, 1.165) is 0 Å². The van der Waals surface area contributed by atoms with E-state index in [0.29, 0.717) is 0 Å². The Bertz CT molecular complexity index is 55.5. The van der Waals surface area contributed by atoms with Gasteiger partial charge in [-0.1, -0.05) is 0 Å². The zero-order chi connectivity index (χ0) is 4.99. The maximum absolute atomic E-state index is 9.57. The van der Waals surface area contributed by atoms with Crippen molar-refractivity contribution in [1.29, 1.82) is 0 Å². The molecule has 0 fully saturated rings. The monoisotopic (exact) mass is 188 g/mol. The molecule has 2 nitrogen and oxygen atoms in total. The van der Waals surface area contributed by atoms with Gasteiger partial charge in [0, 0.05) is 0 Å². The van der Waals surface area contributed by atoms with Crippen LogP contribution in [0.3, 0.4) is 0 Å².